The number of benzene rings is 2. The molecule has 4 N–H and O–H groups in total. The van der Waals surface area contributed by atoms with Crippen molar-refractivity contribution in [3.8, 4) is 11.4 Å². The predicted octanol–water partition coefficient (Wildman–Crippen LogP) is 7.11. The molecule has 2 aliphatic rings. The normalized spacial score (nSPS) is 15.0. The van der Waals surface area contributed by atoms with E-state index in [-0.39, 0.29) is 40.9 Å². The molecule has 1 aromatic heterocycles. The quantitative estimate of drug-likeness (QED) is 0.0815. The lowest BCUT2D eigenvalue weighted by Crippen LogP contribution is -2.46. The molecule has 284 valence electrons. The fourth-order valence-electron chi connectivity index (χ4n) is 5.77. The number of piperidine rings is 1. The monoisotopic (exact) mass is 803 g/mol. The number of imidazole rings is 1. The number of hydrogen-bond acceptors (Lipinski definition) is 9. The Morgan fingerprint density at radius 2 is 1.42 bits per heavy atom. The number of nitrogens with two attached hydrogens (primary N) is 1. The molecule has 0 bridgehead atoms. The Labute approximate surface area is 320 Å². The largest absolute Gasteiger partial charge is 0.465 e. The molecule has 0 saturated carbocycles. The number of nitrogens with zero attached hydrogens (tertiary/aromatic N) is 2. The number of hydrogen-bond donors (Lipinski definition) is 3. The summed E-state index contributed by atoms with van der Waals surface area (Å²) in [4.78, 5) is 55.6. The number of nitrogens with one attached hydrogen (secondary N) is 2. The van der Waals surface area contributed by atoms with Crippen LogP contribution in [0.2, 0.25) is 0 Å². The third-order valence-electron chi connectivity index (χ3n) is 8.46. The predicted molar refractivity (Wildman–Crippen MR) is 207 cm³/mol. The molecule has 3 aromatic rings. The molecule has 1 atom stereocenters. The second kappa shape index (κ2) is 19.0. The van der Waals surface area contributed by atoms with Gasteiger partial charge in [-0.15, -0.1) is 12.4 Å². The van der Waals surface area contributed by atoms with Crippen LogP contribution in [0.25, 0.3) is 11.4 Å². The van der Waals surface area contributed by atoms with Crippen LogP contribution in [0.4, 0.5) is 4.79 Å². The summed E-state index contributed by atoms with van der Waals surface area (Å²) in [5, 5.41) is 7.37. The highest BCUT2D eigenvalue weighted by molar-refractivity contribution is 9.10. The Morgan fingerprint density at radius 3 is 1.94 bits per heavy atom. The van der Waals surface area contributed by atoms with Crippen molar-refractivity contribution in [2.24, 2.45) is 5.73 Å². The van der Waals surface area contributed by atoms with E-state index in [2.05, 4.69) is 25.7 Å². The molecule has 1 saturated heterocycles. The number of carbonyl (C=O) groups is 4. The third-order valence-corrected chi connectivity index (χ3v) is 9.26. The number of likely N-dealkylation sites (tertiary alicyclic amines) is 1. The minimum atomic E-state index is -0.486. The van der Waals surface area contributed by atoms with Crippen molar-refractivity contribution in [2.45, 2.75) is 91.0 Å². The average molecular weight is 805 g/mol. The van der Waals surface area contributed by atoms with E-state index < -0.39 is 11.6 Å². The van der Waals surface area contributed by atoms with Crippen LogP contribution >= 0.6 is 28.3 Å². The number of aromatic amines is 1. The number of fused-ring (bicyclic) bond motifs is 1. The summed E-state index contributed by atoms with van der Waals surface area (Å²) in [6, 6.07) is 7.33. The van der Waals surface area contributed by atoms with Gasteiger partial charge in [0.05, 0.1) is 35.9 Å². The highest BCUT2D eigenvalue weighted by Crippen LogP contribution is 2.28. The number of amidine groups is 1. The van der Waals surface area contributed by atoms with E-state index in [4.69, 9.17) is 25.6 Å². The highest BCUT2D eigenvalue weighted by Gasteiger charge is 2.30. The number of aryl methyl sites for hydroxylation is 6. The first kappa shape index (κ1) is 43.9. The summed E-state index contributed by atoms with van der Waals surface area (Å²) in [5.74, 6) is 0.261. The van der Waals surface area contributed by atoms with Gasteiger partial charge < -0.3 is 29.8 Å². The van der Waals surface area contributed by atoms with E-state index >= 15 is 0 Å². The molecule has 2 aromatic carbocycles. The Balaban J connectivity index is 0.000000274. The summed E-state index contributed by atoms with van der Waals surface area (Å²) in [7, 11) is 2.74. The Morgan fingerprint density at radius 1 is 0.885 bits per heavy atom. The van der Waals surface area contributed by atoms with Crippen molar-refractivity contribution in [3.63, 3.8) is 0 Å². The zero-order valence-electron chi connectivity index (χ0n) is 31.5. The number of halogens is 2. The van der Waals surface area contributed by atoms with Crippen LogP contribution in [0.5, 0.6) is 0 Å². The maximum atomic E-state index is 11.9. The standard InChI is InChI=1S/C17H20N2O2.C11H14N2O2.C10H16BrNO3.ClH/c1-10-8-11(2)13(17(20)21-3)9-12(10)16-18-14-6-4-5-7-15(14)19-16;1-6-4-7(2)9(11(14)15-3)5-8(6)10(12)13;1-10(2,3)15-9(14)12-5-4-8(13)7(11)6-12;/h8-9H,4-7H2,1-3H3,(H,18,19);4-5H,1-3H3,(H3,12,13);7H,4-6H2,1-3H3;1H. The number of H-pyrrole nitrogens is 1. The molecule has 1 aliphatic heterocycles. The van der Waals surface area contributed by atoms with Gasteiger partial charge in [0.2, 0.25) is 0 Å². The van der Waals surface area contributed by atoms with E-state index in [1.54, 1.807) is 11.0 Å². The number of alkyl halides is 1. The van der Waals surface area contributed by atoms with Crippen molar-refractivity contribution in [3.05, 3.63) is 74.6 Å². The second-order valence-corrected chi connectivity index (χ2v) is 14.8. The van der Waals surface area contributed by atoms with E-state index in [0.29, 0.717) is 36.2 Å². The smallest absolute Gasteiger partial charge is 0.410 e. The molecule has 14 heteroatoms. The van der Waals surface area contributed by atoms with Gasteiger partial charge in [0.1, 0.15) is 23.0 Å². The van der Waals surface area contributed by atoms with Crippen LogP contribution in [-0.4, -0.2) is 82.3 Å². The molecule has 2 heterocycles. The fourth-order valence-corrected chi connectivity index (χ4v) is 6.35. The van der Waals surface area contributed by atoms with Crippen molar-refractivity contribution in [2.75, 3.05) is 27.3 Å². The number of carbonyl (C=O) groups excluding carboxylic acids is 4. The van der Waals surface area contributed by atoms with E-state index in [9.17, 15) is 19.2 Å². The second-order valence-electron chi connectivity index (χ2n) is 13.7. The van der Waals surface area contributed by atoms with Gasteiger partial charge in [-0.25, -0.2) is 19.4 Å². The van der Waals surface area contributed by atoms with Crippen LogP contribution < -0.4 is 5.73 Å². The third kappa shape index (κ3) is 11.6. The summed E-state index contributed by atoms with van der Waals surface area (Å²) in [6.45, 7) is 14.0. The molecule has 0 spiro atoms. The molecule has 52 heavy (non-hydrogen) atoms. The number of ketones is 1. The van der Waals surface area contributed by atoms with Gasteiger partial charge in [0.25, 0.3) is 0 Å². The van der Waals surface area contributed by atoms with Crippen LogP contribution in [0.1, 0.15) is 100.0 Å². The molecule has 1 amide bonds. The number of rotatable bonds is 4. The van der Waals surface area contributed by atoms with Crippen molar-refractivity contribution < 1.29 is 33.4 Å². The molecular formula is C38H51BrClN5O7. The number of ether oxygens (including phenoxy) is 3. The van der Waals surface area contributed by atoms with Gasteiger partial charge in [-0.05, 0) is 109 Å². The minimum absolute atomic E-state index is 0. The zero-order chi connectivity index (χ0) is 38.2. The van der Waals surface area contributed by atoms with Crippen LogP contribution in [0.3, 0.4) is 0 Å². The maximum absolute atomic E-state index is 11.9. The van der Waals surface area contributed by atoms with E-state index in [1.807, 2.05) is 66.7 Å². The number of Topliss-reactive ketones (excluding diaryl/α,β-unsaturated/α-hetero) is 1. The van der Waals surface area contributed by atoms with Crippen molar-refractivity contribution >= 4 is 58.0 Å². The number of amides is 1. The van der Waals surface area contributed by atoms with Crippen LogP contribution in [-0.2, 0) is 31.8 Å². The Kier molecular flexibility index (Phi) is 16.1. The lowest BCUT2D eigenvalue weighted by molar-refractivity contribution is -0.120. The van der Waals surface area contributed by atoms with Gasteiger partial charge >= 0.3 is 18.0 Å². The van der Waals surface area contributed by atoms with Gasteiger partial charge in [0, 0.05) is 36.3 Å². The molecule has 12 nitrogen and oxygen atoms in total. The van der Waals surface area contributed by atoms with E-state index in [1.165, 1.54) is 38.4 Å². The summed E-state index contributed by atoms with van der Waals surface area (Å²) in [6.07, 6.45) is 4.58. The van der Waals surface area contributed by atoms with Crippen molar-refractivity contribution in [1.29, 1.82) is 5.41 Å². The van der Waals surface area contributed by atoms with Crippen LogP contribution in [0.15, 0.2) is 24.3 Å². The van der Waals surface area contributed by atoms with Crippen molar-refractivity contribution in [1.82, 2.24) is 14.9 Å². The van der Waals surface area contributed by atoms with Gasteiger partial charge in [-0.3, -0.25) is 10.2 Å². The maximum Gasteiger partial charge on any atom is 0.410 e. The van der Waals surface area contributed by atoms with Gasteiger partial charge in [0.15, 0.2) is 0 Å². The molecule has 5 rings (SSSR count). The van der Waals surface area contributed by atoms with E-state index in [0.717, 1.165) is 46.5 Å². The summed E-state index contributed by atoms with van der Waals surface area (Å²) >= 11 is 3.24. The Bertz CT molecular complexity index is 1780. The van der Waals surface area contributed by atoms with Crippen LogP contribution in [0, 0.1) is 33.1 Å². The summed E-state index contributed by atoms with van der Waals surface area (Å²) < 4.78 is 14.7. The fraction of sp³-hybridized carbons (Fsp3) is 0.474. The lowest BCUT2D eigenvalue weighted by atomic mass is 9.99. The number of esters is 2. The molecule has 1 unspecified atom stereocenters. The highest BCUT2D eigenvalue weighted by atomic mass is 79.9. The average Bonchev–Trinajstić information content (AvgIpc) is 3.49. The van der Waals surface area contributed by atoms with Gasteiger partial charge in [-0.2, -0.15) is 0 Å². The number of nitrogen functional groups attached to an aromatic ring is 1. The lowest BCUT2D eigenvalue weighted by Gasteiger charge is -2.31. The minimum Gasteiger partial charge on any atom is -0.465 e. The zero-order valence-corrected chi connectivity index (χ0v) is 33.9. The first-order chi connectivity index (χ1) is 23.9. The number of aromatic nitrogens is 2. The SMILES string of the molecule is CC(C)(C)OC(=O)N1CCC(=O)C(Br)C1.COC(=O)c1cc(-c2nc3c([nH]2)CCCC3)c(C)cc1C.COC(=O)c1cc(C(=N)N)c(C)cc1C.Cl. The summed E-state index contributed by atoms with van der Waals surface area (Å²) in [5.41, 5.74) is 13.7. The molecule has 1 fully saturated rings. The number of methoxy groups -OCH3 is 2. The Hall–Kier alpha value is -4.23. The topological polar surface area (TPSA) is 178 Å². The molecule has 1 aliphatic carbocycles. The first-order valence-corrected chi connectivity index (χ1v) is 17.7. The molecular weight excluding hydrogens is 754 g/mol. The molecule has 0 radical (unpaired) electrons. The van der Waals surface area contributed by atoms with Gasteiger partial charge in [-0.1, -0.05) is 28.1 Å². The first-order valence-electron chi connectivity index (χ1n) is 16.8.